The van der Waals surface area contributed by atoms with Gasteiger partial charge in [0.05, 0.1) is 18.3 Å². The number of aliphatic hydroxyl groups is 2. The summed E-state index contributed by atoms with van der Waals surface area (Å²) in [7, 11) is 1.87. The predicted molar refractivity (Wildman–Crippen MR) is 91.4 cm³/mol. The highest BCUT2D eigenvalue weighted by Gasteiger charge is 2.39. The van der Waals surface area contributed by atoms with Crippen molar-refractivity contribution in [1.29, 1.82) is 0 Å². The van der Waals surface area contributed by atoms with Crippen LogP contribution in [0.2, 0.25) is 0 Å². The average Bonchev–Trinajstić information content (AvgIpc) is 2.54. The van der Waals surface area contributed by atoms with Crippen molar-refractivity contribution in [2.75, 3.05) is 26.7 Å². The zero-order chi connectivity index (χ0) is 17.5. The molecule has 0 aromatic rings. The third-order valence-electron chi connectivity index (χ3n) is 4.87. The highest BCUT2D eigenvalue weighted by atomic mass is 16.7. The quantitative estimate of drug-likeness (QED) is 0.285. The van der Waals surface area contributed by atoms with Crippen LogP contribution in [0.3, 0.4) is 0 Å². The Balaban J connectivity index is 1.82. The van der Waals surface area contributed by atoms with Crippen molar-refractivity contribution in [3.8, 4) is 0 Å². The molecule has 0 amide bonds. The van der Waals surface area contributed by atoms with Crippen LogP contribution in [0.25, 0.3) is 0 Å². The van der Waals surface area contributed by atoms with Gasteiger partial charge in [-0.25, -0.2) is 0 Å². The Morgan fingerprint density at radius 1 is 1.21 bits per heavy atom. The van der Waals surface area contributed by atoms with Gasteiger partial charge in [0.2, 0.25) is 0 Å². The van der Waals surface area contributed by atoms with Crippen molar-refractivity contribution in [2.45, 2.75) is 74.9 Å². The van der Waals surface area contributed by atoms with E-state index in [9.17, 15) is 10.2 Å². The number of hydrogen-bond donors (Lipinski definition) is 6. The van der Waals surface area contributed by atoms with Gasteiger partial charge in [0.15, 0.2) is 6.29 Å². The van der Waals surface area contributed by atoms with E-state index in [0.717, 1.165) is 19.4 Å². The predicted octanol–water partition coefficient (Wildman–Crippen LogP) is -1.75. The second kappa shape index (κ2) is 9.98. The third kappa shape index (κ3) is 5.89. The van der Waals surface area contributed by atoms with Gasteiger partial charge >= 0.3 is 0 Å². The molecule has 142 valence electrons. The Morgan fingerprint density at radius 2 is 2.00 bits per heavy atom. The van der Waals surface area contributed by atoms with E-state index in [0.29, 0.717) is 32.4 Å². The average molecular weight is 346 g/mol. The van der Waals surface area contributed by atoms with Gasteiger partial charge in [0.1, 0.15) is 6.10 Å². The van der Waals surface area contributed by atoms with Crippen LogP contribution in [0.15, 0.2) is 0 Å². The van der Waals surface area contributed by atoms with Crippen molar-refractivity contribution in [3.05, 3.63) is 0 Å². The van der Waals surface area contributed by atoms with Crippen LogP contribution in [-0.2, 0) is 9.47 Å². The van der Waals surface area contributed by atoms with Crippen LogP contribution in [-0.4, -0.2) is 79.7 Å². The van der Waals surface area contributed by atoms with Crippen LogP contribution in [0.5, 0.6) is 0 Å². The second-order valence-electron chi connectivity index (χ2n) is 6.95. The van der Waals surface area contributed by atoms with Crippen molar-refractivity contribution < 1.29 is 19.7 Å². The smallest absolute Gasteiger partial charge is 0.161 e. The van der Waals surface area contributed by atoms with Crippen LogP contribution in [0.1, 0.15) is 32.1 Å². The summed E-state index contributed by atoms with van der Waals surface area (Å²) in [5, 5.41) is 26.8. The molecule has 2 aliphatic rings. The number of ether oxygens (including phenoxy) is 2. The van der Waals surface area contributed by atoms with Crippen LogP contribution in [0, 0.1) is 0 Å². The molecule has 5 unspecified atom stereocenters. The molecule has 7 atom stereocenters. The molecule has 2 rings (SSSR count). The molecule has 0 aromatic heterocycles. The van der Waals surface area contributed by atoms with E-state index in [2.05, 4.69) is 10.6 Å². The molecule has 0 aromatic carbocycles. The molecule has 24 heavy (non-hydrogen) atoms. The van der Waals surface area contributed by atoms with Gasteiger partial charge in [-0.1, -0.05) is 0 Å². The third-order valence-corrected chi connectivity index (χ3v) is 4.87. The van der Waals surface area contributed by atoms with E-state index >= 15 is 0 Å². The summed E-state index contributed by atoms with van der Waals surface area (Å²) in [6, 6.07) is -0.0535. The van der Waals surface area contributed by atoms with Crippen LogP contribution >= 0.6 is 0 Å². The first kappa shape index (κ1) is 20.0. The van der Waals surface area contributed by atoms with Gasteiger partial charge in [0, 0.05) is 31.5 Å². The normalized spacial score (nSPS) is 40.6. The van der Waals surface area contributed by atoms with E-state index in [-0.39, 0.29) is 18.2 Å². The standard InChI is InChI=1S/C16H34N4O4/c1-19-10-5-13(18)16(14(22)6-10)24-15-8-11(21)7-12(23-15)9-20-4-2-3-17/h10-16,19-22H,2-9,17-18H2,1H3/t10?,11?,12?,13?,14?,15-,16-/m1/s1. The lowest BCUT2D eigenvalue weighted by atomic mass is 9.86. The lowest BCUT2D eigenvalue weighted by Gasteiger charge is -2.41. The van der Waals surface area contributed by atoms with Crippen LogP contribution in [0.4, 0.5) is 0 Å². The number of nitrogens with two attached hydrogens (primary N) is 2. The number of rotatable bonds is 8. The summed E-state index contributed by atoms with van der Waals surface area (Å²) in [6.07, 6.45) is 1.04. The van der Waals surface area contributed by atoms with Gasteiger partial charge in [-0.15, -0.1) is 0 Å². The fourth-order valence-electron chi connectivity index (χ4n) is 3.53. The van der Waals surface area contributed by atoms with E-state index in [1.807, 2.05) is 7.05 Å². The summed E-state index contributed by atoms with van der Waals surface area (Å²) in [4.78, 5) is 0. The topological polar surface area (TPSA) is 135 Å². The molecular weight excluding hydrogens is 312 g/mol. The van der Waals surface area contributed by atoms with Crippen molar-refractivity contribution in [1.82, 2.24) is 10.6 Å². The highest BCUT2D eigenvalue weighted by Crippen LogP contribution is 2.27. The molecular formula is C16H34N4O4. The minimum Gasteiger partial charge on any atom is -0.393 e. The summed E-state index contributed by atoms with van der Waals surface area (Å²) in [5.41, 5.74) is 11.6. The first-order valence-corrected chi connectivity index (χ1v) is 9.04. The Bertz CT molecular complexity index is 351. The summed E-state index contributed by atoms with van der Waals surface area (Å²) in [6.45, 7) is 2.13. The number of hydrogen-bond acceptors (Lipinski definition) is 8. The molecule has 1 aliphatic heterocycles. The van der Waals surface area contributed by atoms with Gasteiger partial charge in [-0.2, -0.15) is 0 Å². The molecule has 1 saturated heterocycles. The van der Waals surface area contributed by atoms with Crippen molar-refractivity contribution >= 4 is 0 Å². The van der Waals surface area contributed by atoms with Gasteiger partial charge in [0.25, 0.3) is 0 Å². The molecule has 8 N–H and O–H groups in total. The lowest BCUT2D eigenvalue weighted by molar-refractivity contribution is -0.251. The molecule has 1 heterocycles. The first-order valence-electron chi connectivity index (χ1n) is 9.04. The Labute approximate surface area is 144 Å². The van der Waals surface area contributed by atoms with E-state index in [1.165, 1.54) is 0 Å². The minimum atomic E-state index is -0.630. The molecule has 0 spiro atoms. The Kier molecular flexibility index (Phi) is 8.32. The maximum absolute atomic E-state index is 10.3. The zero-order valence-corrected chi connectivity index (χ0v) is 14.6. The molecule has 0 radical (unpaired) electrons. The van der Waals surface area contributed by atoms with Crippen molar-refractivity contribution in [3.63, 3.8) is 0 Å². The van der Waals surface area contributed by atoms with E-state index in [4.69, 9.17) is 20.9 Å². The van der Waals surface area contributed by atoms with Crippen LogP contribution < -0.4 is 22.1 Å². The van der Waals surface area contributed by atoms with Gasteiger partial charge in [-0.3, -0.25) is 0 Å². The van der Waals surface area contributed by atoms with E-state index in [1.54, 1.807) is 0 Å². The first-order chi connectivity index (χ1) is 11.5. The van der Waals surface area contributed by atoms with Gasteiger partial charge in [-0.05, 0) is 39.4 Å². The molecule has 1 aliphatic carbocycles. The maximum Gasteiger partial charge on any atom is 0.161 e. The molecule has 8 heteroatoms. The molecule has 8 nitrogen and oxygen atoms in total. The second-order valence-corrected chi connectivity index (χ2v) is 6.95. The molecule has 2 fully saturated rings. The summed E-state index contributed by atoms with van der Waals surface area (Å²) in [5.74, 6) is 0. The SMILES string of the molecule is CNC1CC(N)[C@@H](O[C@@H]2CC(O)CC(CNCCCN)O2)C(O)C1. The summed E-state index contributed by atoms with van der Waals surface area (Å²) < 4.78 is 11.9. The lowest BCUT2D eigenvalue weighted by Crippen LogP contribution is -2.56. The molecule has 1 saturated carbocycles. The maximum atomic E-state index is 10.3. The fraction of sp³-hybridized carbons (Fsp3) is 1.00. The van der Waals surface area contributed by atoms with E-state index < -0.39 is 24.6 Å². The summed E-state index contributed by atoms with van der Waals surface area (Å²) >= 11 is 0. The molecule has 0 bridgehead atoms. The Hall–Kier alpha value is -0.320. The Morgan fingerprint density at radius 3 is 2.67 bits per heavy atom. The monoisotopic (exact) mass is 346 g/mol. The number of nitrogens with one attached hydrogen (secondary N) is 2. The van der Waals surface area contributed by atoms with Gasteiger partial charge < -0.3 is 41.8 Å². The highest BCUT2D eigenvalue weighted by molar-refractivity contribution is 4.93. The largest absolute Gasteiger partial charge is 0.393 e. The fourth-order valence-corrected chi connectivity index (χ4v) is 3.53. The minimum absolute atomic E-state index is 0.112. The zero-order valence-electron chi connectivity index (χ0n) is 14.6. The number of aliphatic hydroxyl groups excluding tert-OH is 2. The van der Waals surface area contributed by atoms with Crippen molar-refractivity contribution in [2.24, 2.45) is 11.5 Å².